The van der Waals surface area contributed by atoms with Gasteiger partial charge in [-0.2, -0.15) is 0 Å². The Kier molecular flexibility index (Phi) is 7.93. The van der Waals surface area contributed by atoms with Gasteiger partial charge in [-0.15, -0.1) is 0 Å². The van der Waals surface area contributed by atoms with Gasteiger partial charge in [-0.3, -0.25) is 4.90 Å². The predicted molar refractivity (Wildman–Crippen MR) is 121 cm³/mol. The van der Waals surface area contributed by atoms with Crippen LogP contribution in [-0.4, -0.2) is 74.5 Å². The maximum absolute atomic E-state index is 13.6. The Morgan fingerprint density at radius 1 is 0.903 bits per heavy atom. The van der Waals surface area contributed by atoms with E-state index in [-0.39, 0.29) is 18.1 Å². The van der Waals surface area contributed by atoms with Crippen molar-refractivity contribution < 1.29 is 14.3 Å². The van der Waals surface area contributed by atoms with Crippen molar-refractivity contribution in [2.45, 2.75) is 24.9 Å². The van der Waals surface area contributed by atoms with E-state index in [1.54, 1.807) is 0 Å². The first-order valence-electron chi connectivity index (χ1n) is 11.4. The average molecular weight is 424 g/mol. The number of morpholine rings is 1. The summed E-state index contributed by atoms with van der Waals surface area (Å²) in [7, 11) is 0. The molecule has 6 heteroatoms. The fraction of sp³-hybridized carbons (Fsp3) is 0.480. The quantitative estimate of drug-likeness (QED) is 0.743. The molecular formula is C25H33N3O3. The van der Waals surface area contributed by atoms with Crippen molar-refractivity contribution >= 4 is 6.03 Å². The molecule has 2 saturated heterocycles. The van der Waals surface area contributed by atoms with E-state index in [1.807, 2.05) is 41.3 Å². The van der Waals surface area contributed by atoms with E-state index in [1.165, 1.54) is 0 Å². The molecule has 166 valence electrons. The molecule has 4 rings (SSSR count). The summed E-state index contributed by atoms with van der Waals surface area (Å²) in [6.07, 6.45) is 1.77. The first kappa shape index (κ1) is 21.8. The van der Waals surface area contributed by atoms with Gasteiger partial charge < -0.3 is 19.7 Å². The number of amides is 2. The second kappa shape index (κ2) is 11.3. The zero-order valence-electron chi connectivity index (χ0n) is 18.1. The van der Waals surface area contributed by atoms with Crippen molar-refractivity contribution in [3.05, 3.63) is 71.8 Å². The van der Waals surface area contributed by atoms with Gasteiger partial charge in [-0.25, -0.2) is 4.79 Å². The first-order chi connectivity index (χ1) is 15.3. The van der Waals surface area contributed by atoms with Crippen molar-refractivity contribution in [3.63, 3.8) is 0 Å². The highest BCUT2D eigenvalue weighted by molar-refractivity contribution is 5.75. The highest BCUT2D eigenvalue weighted by Gasteiger charge is 2.28. The van der Waals surface area contributed by atoms with Crippen LogP contribution in [0.3, 0.4) is 0 Å². The van der Waals surface area contributed by atoms with Crippen LogP contribution >= 0.6 is 0 Å². The van der Waals surface area contributed by atoms with E-state index < -0.39 is 0 Å². The van der Waals surface area contributed by atoms with Gasteiger partial charge in [-0.1, -0.05) is 60.7 Å². The number of carbonyl (C=O) groups excluding carboxylic acids is 1. The lowest BCUT2D eigenvalue weighted by molar-refractivity contribution is 0.0225. The number of nitrogens with one attached hydrogen (secondary N) is 1. The number of ether oxygens (including phenoxy) is 2. The minimum atomic E-state index is -0.180. The third-order valence-corrected chi connectivity index (χ3v) is 6.19. The minimum absolute atomic E-state index is 0.00198. The summed E-state index contributed by atoms with van der Waals surface area (Å²) in [4.78, 5) is 18.0. The molecule has 2 heterocycles. The zero-order chi connectivity index (χ0) is 21.3. The van der Waals surface area contributed by atoms with Gasteiger partial charge in [0.15, 0.2) is 0 Å². The molecular weight excluding hydrogens is 390 g/mol. The van der Waals surface area contributed by atoms with Gasteiger partial charge in [0, 0.05) is 45.4 Å². The van der Waals surface area contributed by atoms with Gasteiger partial charge in [0.05, 0.1) is 19.3 Å². The molecule has 2 aliphatic rings. The summed E-state index contributed by atoms with van der Waals surface area (Å²) in [6, 6.07) is 20.4. The highest BCUT2D eigenvalue weighted by Crippen LogP contribution is 2.23. The molecule has 1 N–H and O–H groups in total. The number of benzene rings is 2. The molecule has 31 heavy (non-hydrogen) atoms. The molecule has 0 aromatic heterocycles. The van der Waals surface area contributed by atoms with Crippen LogP contribution in [0, 0.1) is 0 Å². The van der Waals surface area contributed by atoms with Crippen LogP contribution in [0.2, 0.25) is 0 Å². The SMILES string of the molecule is O=C(NC(c1ccccc1)c1ccccc1)N(CCN1CCOCC1)C1CCOCC1. The van der Waals surface area contributed by atoms with Gasteiger partial charge in [0.25, 0.3) is 0 Å². The largest absolute Gasteiger partial charge is 0.381 e. The lowest BCUT2D eigenvalue weighted by Crippen LogP contribution is -2.52. The van der Waals surface area contributed by atoms with Gasteiger partial charge in [0.2, 0.25) is 0 Å². The second-order valence-corrected chi connectivity index (χ2v) is 8.19. The Morgan fingerprint density at radius 3 is 2.03 bits per heavy atom. The van der Waals surface area contributed by atoms with E-state index in [4.69, 9.17) is 9.47 Å². The number of hydrogen-bond acceptors (Lipinski definition) is 4. The normalized spacial score (nSPS) is 18.1. The standard InChI is InChI=1S/C25H33N3O3/c29-25(26-24(21-7-3-1-4-8-21)22-9-5-2-6-10-22)28(23-11-17-30-18-12-23)14-13-27-15-19-31-20-16-27/h1-10,23-24H,11-20H2,(H,26,29). The number of carbonyl (C=O) groups is 1. The van der Waals surface area contributed by atoms with Crippen LogP contribution in [-0.2, 0) is 9.47 Å². The van der Waals surface area contributed by atoms with Crippen LogP contribution in [0.4, 0.5) is 4.79 Å². The van der Waals surface area contributed by atoms with Crippen LogP contribution in [0.15, 0.2) is 60.7 Å². The fourth-order valence-electron chi connectivity index (χ4n) is 4.38. The van der Waals surface area contributed by atoms with Crippen LogP contribution in [0.1, 0.15) is 30.0 Å². The van der Waals surface area contributed by atoms with Gasteiger partial charge >= 0.3 is 6.03 Å². The molecule has 0 saturated carbocycles. The summed E-state index contributed by atoms with van der Waals surface area (Å²) in [5.74, 6) is 0. The number of hydrogen-bond donors (Lipinski definition) is 1. The molecule has 2 aromatic rings. The monoisotopic (exact) mass is 423 g/mol. The van der Waals surface area contributed by atoms with Crippen molar-refractivity contribution in [2.75, 3.05) is 52.6 Å². The van der Waals surface area contributed by atoms with E-state index in [2.05, 4.69) is 34.5 Å². The van der Waals surface area contributed by atoms with Crippen LogP contribution < -0.4 is 5.32 Å². The summed E-state index contributed by atoms with van der Waals surface area (Å²) in [6.45, 7) is 6.42. The minimum Gasteiger partial charge on any atom is -0.381 e. The summed E-state index contributed by atoms with van der Waals surface area (Å²) < 4.78 is 11.0. The molecule has 2 aliphatic heterocycles. The molecule has 6 nitrogen and oxygen atoms in total. The average Bonchev–Trinajstić information content (AvgIpc) is 2.85. The number of urea groups is 1. The first-order valence-corrected chi connectivity index (χ1v) is 11.4. The van der Waals surface area contributed by atoms with E-state index in [9.17, 15) is 4.79 Å². The van der Waals surface area contributed by atoms with Crippen molar-refractivity contribution in [1.29, 1.82) is 0 Å². The summed E-state index contributed by atoms with van der Waals surface area (Å²) >= 11 is 0. The Labute approximate surface area is 185 Å². The summed E-state index contributed by atoms with van der Waals surface area (Å²) in [5, 5.41) is 3.34. The van der Waals surface area contributed by atoms with Gasteiger partial charge in [-0.05, 0) is 24.0 Å². The highest BCUT2D eigenvalue weighted by atomic mass is 16.5. The van der Waals surface area contributed by atoms with Crippen LogP contribution in [0.5, 0.6) is 0 Å². The van der Waals surface area contributed by atoms with E-state index in [0.717, 1.165) is 56.8 Å². The molecule has 2 fully saturated rings. The third kappa shape index (κ3) is 6.06. The Morgan fingerprint density at radius 2 is 1.45 bits per heavy atom. The Balaban J connectivity index is 1.50. The third-order valence-electron chi connectivity index (χ3n) is 6.19. The van der Waals surface area contributed by atoms with E-state index in [0.29, 0.717) is 19.8 Å². The zero-order valence-corrected chi connectivity index (χ0v) is 18.1. The topological polar surface area (TPSA) is 54.0 Å². The molecule has 0 bridgehead atoms. The number of rotatable bonds is 7. The molecule has 0 aliphatic carbocycles. The molecule has 0 radical (unpaired) electrons. The molecule has 0 spiro atoms. The lowest BCUT2D eigenvalue weighted by atomic mass is 9.99. The van der Waals surface area contributed by atoms with Crippen molar-refractivity contribution in [3.8, 4) is 0 Å². The second-order valence-electron chi connectivity index (χ2n) is 8.19. The molecule has 2 aromatic carbocycles. The Hall–Kier alpha value is -2.41. The summed E-state index contributed by atoms with van der Waals surface area (Å²) in [5.41, 5.74) is 2.17. The predicted octanol–water partition coefficient (Wildman–Crippen LogP) is 3.30. The number of nitrogens with zero attached hydrogens (tertiary/aromatic N) is 2. The smallest absolute Gasteiger partial charge is 0.318 e. The van der Waals surface area contributed by atoms with Gasteiger partial charge in [0.1, 0.15) is 0 Å². The fourth-order valence-corrected chi connectivity index (χ4v) is 4.38. The maximum Gasteiger partial charge on any atom is 0.318 e. The van der Waals surface area contributed by atoms with E-state index >= 15 is 0 Å². The Bertz CT molecular complexity index is 751. The lowest BCUT2D eigenvalue weighted by Gasteiger charge is -2.37. The van der Waals surface area contributed by atoms with Crippen molar-refractivity contribution in [1.82, 2.24) is 15.1 Å². The molecule has 0 unspecified atom stereocenters. The molecule has 0 atom stereocenters. The molecule has 2 amide bonds. The maximum atomic E-state index is 13.6. The van der Waals surface area contributed by atoms with Crippen LogP contribution in [0.25, 0.3) is 0 Å². The van der Waals surface area contributed by atoms with Crippen molar-refractivity contribution in [2.24, 2.45) is 0 Å².